The van der Waals surface area contributed by atoms with E-state index in [2.05, 4.69) is 10.3 Å². The van der Waals surface area contributed by atoms with E-state index in [4.69, 9.17) is 0 Å². The Balaban J connectivity index is 1.48. The molecule has 2 aromatic rings. The summed E-state index contributed by atoms with van der Waals surface area (Å²) in [6, 6.07) is -0.292. The predicted octanol–water partition coefficient (Wildman–Crippen LogP) is 2.03. The molecule has 4 atom stereocenters. The summed E-state index contributed by atoms with van der Waals surface area (Å²) in [6.45, 7) is 4.32. The van der Waals surface area contributed by atoms with E-state index >= 15 is 0 Å². The molecule has 8 heteroatoms. The number of carbonyl (C=O) groups is 2. The van der Waals surface area contributed by atoms with Crippen LogP contribution in [0, 0.1) is 18.8 Å². The fourth-order valence-corrected chi connectivity index (χ4v) is 4.62. The van der Waals surface area contributed by atoms with Crippen LogP contribution in [0.5, 0.6) is 0 Å². The van der Waals surface area contributed by atoms with Crippen molar-refractivity contribution >= 4 is 28.0 Å². The zero-order valence-corrected chi connectivity index (χ0v) is 15.1. The van der Waals surface area contributed by atoms with Crippen molar-refractivity contribution in [3.05, 3.63) is 23.1 Å². The number of amides is 2. The molecule has 2 amide bonds. The Morgan fingerprint density at radius 3 is 2.88 bits per heavy atom. The molecular weight excluding hydrogens is 343 g/mol. The molecule has 4 rings (SSSR count). The van der Waals surface area contributed by atoms with Gasteiger partial charge in [0.25, 0.3) is 5.91 Å². The number of nitrogens with one attached hydrogen (secondary N) is 1. The van der Waals surface area contributed by atoms with Crippen LogP contribution < -0.4 is 5.32 Å². The van der Waals surface area contributed by atoms with Crippen molar-refractivity contribution in [1.29, 1.82) is 0 Å². The molecule has 2 aliphatic rings. The predicted molar refractivity (Wildman–Crippen MR) is 92.4 cm³/mol. The fraction of sp³-hybridized carbons (Fsp3) is 0.588. The highest BCUT2D eigenvalue weighted by molar-refractivity contribution is 7.19. The van der Waals surface area contributed by atoms with Crippen LogP contribution in [0.15, 0.2) is 12.5 Å². The number of rotatable bonds is 4. The summed E-state index contributed by atoms with van der Waals surface area (Å²) in [6.07, 6.45) is 3.54. The lowest BCUT2D eigenvalue weighted by atomic mass is 10.2. The second kappa shape index (κ2) is 6.09. The van der Waals surface area contributed by atoms with Crippen molar-refractivity contribution in [3.63, 3.8) is 0 Å². The molecule has 0 unspecified atom stereocenters. The van der Waals surface area contributed by atoms with Gasteiger partial charge in [0.2, 0.25) is 5.91 Å². The van der Waals surface area contributed by atoms with Crippen molar-refractivity contribution in [3.8, 4) is 0 Å². The third kappa shape index (κ3) is 2.92. The van der Waals surface area contributed by atoms with E-state index in [0.717, 1.165) is 16.9 Å². The second-order valence-electron chi connectivity index (χ2n) is 7.13. The Bertz CT molecular complexity index is 832. The van der Waals surface area contributed by atoms with Crippen molar-refractivity contribution < 1.29 is 14.0 Å². The molecule has 1 aliphatic heterocycles. The molecule has 1 saturated carbocycles. The molecule has 1 aliphatic carbocycles. The van der Waals surface area contributed by atoms with Gasteiger partial charge in [-0.1, -0.05) is 6.92 Å². The summed E-state index contributed by atoms with van der Waals surface area (Å²) in [5.74, 6) is 0.377. The number of fused-ring (bicyclic) bond motifs is 1. The third-order valence-electron chi connectivity index (χ3n) is 5.28. The average Bonchev–Trinajstić information content (AvgIpc) is 2.92. The minimum absolute atomic E-state index is 0.0230. The highest BCUT2D eigenvalue weighted by Crippen LogP contribution is 2.37. The van der Waals surface area contributed by atoms with E-state index in [0.29, 0.717) is 17.3 Å². The third-order valence-corrected chi connectivity index (χ3v) is 6.46. The maximum absolute atomic E-state index is 14.0. The lowest BCUT2D eigenvalue weighted by molar-refractivity contribution is -0.122. The van der Waals surface area contributed by atoms with E-state index in [9.17, 15) is 14.0 Å². The Hall–Kier alpha value is -1.96. The largest absolute Gasteiger partial charge is 0.354 e. The molecule has 6 nitrogen and oxygen atoms in total. The first-order chi connectivity index (χ1) is 12.0. The van der Waals surface area contributed by atoms with Crippen LogP contribution in [0.2, 0.25) is 0 Å². The van der Waals surface area contributed by atoms with Crippen molar-refractivity contribution in [2.24, 2.45) is 11.8 Å². The summed E-state index contributed by atoms with van der Waals surface area (Å²) >= 11 is 1.37. The van der Waals surface area contributed by atoms with Crippen LogP contribution in [0.3, 0.4) is 0 Å². The highest BCUT2D eigenvalue weighted by Gasteiger charge is 2.41. The van der Waals surface area contributed by atoms with Crippen LogP contribution in [0.4, 0.5) is 4.39 Å². The topological polar surface area (TPSA) is 66.7 Å². The van der Waals surface area contributed by atoms with Gasteiger partial charge < -0.3 is 10.2 Å². The molecule has 2 aromatic heterocycles. The number of imidazole rings is 1. The Labute approximate surface area is 149 Å². The number of carbonyl (C=O) groups excluding carboxylic acids is 2. The van der Waals surface area contributed by atoms with Gasteiger partial charge in [-0.05, 0) is 19.3 Å². The number of aromatic nitrogens is 2. The molecule has 1 N–H and O–H groups in total. The van der Waals surface area contributed by atoms with Crippen molar-refractivity contribution in [1.82, 2.24) is 19.6 Å². The van der Waals surface area contributed by atoms with Crippen LogP contribution in [-0.2, 0) is 4.79 Å². The van der Waals surface area contributed by atoms with Gasteiger partial charge in [0.1, 0.15) is 22.2 Å². The van der Waals surface area contributed by atoms with Crippen LogP contribution in [-0.4, -0.2) is 51.4 Å². The molecule has 2 fully saturated rings. The highest BCUT2D eigenvalue weighted by atomic mass is 32.1. The number of halogens is 1. The van der Waals surface area contributed by atoms with Gasteiger partial charge in [-0.15, -0.1) is 11.3 Å². The fourth-order valence-electron chi connectivity index (χ4n) is 3.57. The standard InChI is InChI=1S/C17H21FN4O2S/c1-9-3-13(9)16(23)20-5-12-4-11(18)7-21(12)17(24)15-10(2)22-8-19-6-14(22)25-15/h6,8-9,11-13H,3-5,7H2,1-2H3,(H,20,23)/t9-,11+,12+,13+/m1/s1. The van der Waals surface area contributed by atoms with Gasteiger partial charge in [-0.2, -0.15) is 0 Å². The Kier molecular flexibility index (Phi) is 4.02. The van der Waals surface area contributed by atoms with Gasteiger partial charge >= 0.3 is 0 Å². The first kappa shape index (κ1) is 16.5. The normalized spacial score (nSPS) is 28.5. The lowest BCUT2D eigenvalue weighted by Crippen LogP contribution is -2.43. The molecule has 0 aromatic carbocycles. The van der Waals surface area contributed by atoms with E-state index in [-0.39, 0.29) is 36.7 Å². The Morgan fingerprint density at radius 1 is 1.44 bits per heavy atom. The van der Waals surface area contributed by atoms with Gasteiger partial charge in [-0.3, -0.25) is 14.0 Å². The van der Waals surface area contributed by atoms with Crippen LogP contribution in [0.25, 0.3) is 4.83 Å². The molecule has 0 bridgehead atoms. The molecule has 0 radical (unpaired) electrons. The number of likely N-dealkylation sites (tertiary alicyclic amines) is 1. The average molecular weight is 364 g/mol. The molecular formula is C17H21FN4O2S. The van der Waals surface area contributed by atoms with Gasteiger partial charge in [0, 0.05) is 24.6 Å². The zero-order valence-electron chi connectivity index (χ0n) is 14.2. The maximum atomic E-state index is 14.0. The molecule has 3 heterocycles. The number of hydrogen-bond acceptors (Lipinski definition) is 4. The van der Waals surface area contributed by atoms with E-state index in [1.54, 1.807) is 17.4 Å². The van der Waals surface area contributed by atoms with E-state index in [1.165, 1.54) is 11.3 Å². The summed E-state index contributed by atoms with van der Waals surface area (Å²) in [5, 5.41) is 2.90. The van der Waals surface area contributed by atoms with Crippen LogP contribution >= 0.6 is 11.3 Å². The van der Waals surface area contributed by atoms with Gasteiger partial charge in [0.15, 0.2) is 0 Å². The smallest absolute Gasteiger partial charge is 0.266 e. The number of hydrogen-bond donors (Lipinski definition) is 1. The number of thiazole rings is 1. The van der Waals surface area contributed by atoms with Crippen molar-refractivity contribution in [2.45, 2.75) is 38.9 Å². The summed E-state index contributed by atoms with van der Waals surface area (Å²) in [4.78, 5) is 32.1. The molecule has 134 valence electrons. The van der Waals surface area contributed by atoms with E-state index in [1.807, 2.05) is 18.2 Å². The summed E-state index contributed by atoms with van der Waals surface area (Å²) < 4.78 is 15.9. The first-order valence-corrected chi connectivity index (χ1v) is 9.41. The van der Waals surface area contributed by atoms with Gasteiger partial charge in [-0.25, -0.2) is 9.37 Å². The Morgan fingerprint density at radius 2 is 2.20 bits per heavy atom. The summed E-state index contributed by atoms with van der Waals surface area (Å²) in [7, 11) is 0. The second-order valence-corrected chi connectivity index (χ2v) is 8.16. The quantitative estimate of drug-likeness (QED) is 0.903. The lowest BCUT2D eigenvalue weighted by Gasteiger charge is -2.24. The van der Waals surface area contributed by atoms with E-state index < -0.39 is 6.17 Å². The van der Waals surface area contributed by atoms with Crippen LogP contribution in [0.1, 0.15) is 35.1 Å². The minimum atomic E-state index is -1.04. The number of aryl methyl sites for hydroxylation is 1. The maximum Gasteiger partial charge on any atom is 0.266 e. The zero-order chi connectivity index (χ0) is 17.7. The molecule has 1 saturated heterocycles. The number of alkyl halides is 1. The van der Waals surface area contributed by atoms with Crippen molar-refractivity contribution in [2.75, 3.05) is 13.1 Å². The molecule has 0 spiro atoms. The SMILES string of the molecule is Cc1c(C(=O)N2C[C@@H](F)C[C@H]2CNC(=O)[C@H]2C[C@H]2C)sc2cncn12. The molecule has 25 heavy (non-hydrogen) atoms. The summed E-state index contributed by atoms with van der Waals surface area (Å²) in [5.41, 5.74) is 0.819. The van der Waals surface area contributed by atoms with Gasteiger partial charge in [0.05, 0.1) is 18.8 Å². The minimum Gasteiger partial charge on any atom is -0.354 e. The number of nitrogens with zero attached hydrogens (tertiary/aromatic N) is 3. The first-order valence-electron chi connectivity index (χ1n) is 8.60. The monoisotopic (exact) mass is 364 g/mol.